The Hall–Kier alpha value is -3.04. The van der Waals surface area contributed by atoms with Gasteiger partial charge in [0, 0.05) is 11.1 Å². The Labute approximate surface area is 224 Å². The highest BCUT2D eigenvalue weighted by Gasteiger charge is 2.60. The molecule has 10 heteroatoms. The summed E-state index contributed by atoms with van der Waals surface area (Å²) in [5.41, 5.74) is 0.874. The number of hydrogen-bond donors (Lipinski definition) is 2. The molecule has 0 aliphatic heterocycles. The minimum atomic E-state index is -0.500. The van der Waals surface area contributed by atoms with E-state index in [1.54, 1.807) is 13.8 Å². The summed E-state index contributed by atoms with van der Waals surface area (Å²) in [5.74, 6) is 1.57. The fraction of sp³-hybridized carbons (Fsp3) is 0.714. The molecule has 3 rings (SSSR count). The summed E-state index contributed by atoms with van der Waals surface area (Å²) in [6.07, 6.45) is 6.61. The lowest BCUT2D eigenvalue weighted by Crippen LogP contribution is -2.33. The molecule has 3 saturated carbocycles. The highest BCUT2D eigenvalue weighted by Crippen LogP contribution is 2.68. The monoisotopic (exact) mass is 534 g/mol. The van der Waals surface area contributed by atoms with Crippen molar-refractivity contribution in [2.24, 2.45) is 29.1 Å². The van der Waals surface area contributed by atoms with Gasteiger partial charge in [-0.1, -0.05) is 13.2 Å². The third kappa shape index (κ3) is 7.74. The smallest absolute Gasteiger partial charge is 0.407 e. The molecular formula is C28H42N2O8. The van der Waals surface area contributed by atoms with Crippen molar-refractivity contribution >= 4 is 24.1 Å². The predicted octanol–water partition coefficient (Wildman–Crippen LogP) is 3.90. The molecule has 0 spiro atoms. The lowest BCUT2D eigenvalue weighted by molar-refractivity contribution is -0.139. The first-order valence-corrected chi connectivity index (χ1v) is 13.6. The van der Waals surface area contributed by atoms with Gasteiger partial charge in [0.25, 0.3) is 0 Å². The van der Waals surface area contributed by atoms with E-state index in [2.05, 4.69) is 23.8 Å². The number of carbonyl (C=O) groups excluding carboxylic acids is 4. The van der Waals surface area contributed by atoms with Crippen LogP contribution in [-0.4, -0.2) is 63.6 Å². The topological polar surface area (TPSA) is 129 Å². The molecule has 0 aromatic carbocycles. The number of nitrogens with one attached hydrogen (secondary N) is 2. The zero-order valence-corrected chi connectivity index (χ0v) is 22.7. The van der Waals surface area contributed by atoms with Crippen molar-refractivity contribution in [1.82, 2.24) is 10.6 Å². The first-order valence-electron chi connectivity index (χ1n) is 13.6. The third-order valence-electron chi connectivity index (χ3n) is 8.33. The fourth-order valence-electron chi connectivity index (χ4n) is 6.74. The first kappa shape index (κ1) is 29.5. The lowest BCUT2D eigenvalue weighted by Gasteiger charge is -2.37. The number of fused-ring (bicyclic) bond motifs is 5. The van der Waals surface area contributed by atoms with Crippen LogP contribution in [-0.2, 0) is 28.5 Å². The van der Waals surface area contributed by atoms with Gasteiger partial charge in [0.15, 0.2) is 0 Å². The van der Waals surface area contributed by atoms with Crippen molar-refractivity contribution in [3.8, 4) is 0 Å². The lowest BCUT2D eigenvalue weighted by atomic mass is 9.68. The van der Waals surface area contributed by atoms with Crippen LogP contribution >= 0.6 is 0 Å². The minimum absolute atomic E-state index is 0.0766. The van der Waals surface area contributed by atoms with Gasteiger partial charge in [-0.3, -0.25) is 0 Å². The summed E-state index contributed by atoms with van der Waals surface area (Å²) in [5, 5.41) is 5.21. The highest BCUT2D eigenvalue weighted by molar-refractivity contribution is 5.87. The van der Waals surface area contributed by atoms with Gasteiger partial charge in [0.1, 0.15) is 13.2 Å². The average Bonchev–Trinajstić information content (AvgIpc) is 3.57. The van der Waals surface area contributed by atoms with Crippen molar-refractivity contribution in [2.45, 2.75) is 58.8 Å². The molecule has 0 heterocycles. The number of ether oxygens (including phenoxy) is 4. The molecule has 3 fully saturated rings. The van der Waals surface area contributed by atoms with E-state index < -0.39 is 24.1 Å². The molecule has 3 aliphatic carbocycles. The van der Waals surface area contributed by atoms with Crippen LogP contribution in [0.15, 0.2) is 24.3 Å². The third-order valence-corrected chi connectivity index (χ3v) is 8.33. The molecular weight excluding hydrogens is 492 g/mol. The molecule has 5 unspecified atom stereocenters. The zero-order chi connectivity index (χ0) is 27.7. The van der Waals surface area contributed by atoms with E-state index in [0.29, 0.717) is 48.0 Å². The molecule has 3 aliphatic rings. The van der Waals surface area contributed by atoms with Gasteiger partial charge >= 0.3 is 24.1 Å². The molecule has 5 atom stereocenters. The van der Waals surface area contributed by atoms with Crippen LogP contribution in [0, 0.1) is 29.1 Å². The van der Waals surface area contributed by atoms with Crippen LogP contribution in [0.5, 0.6) is 0 Å². The average molecular weight is 535 g/mol. The maximum absolute atomic E-state index is 12.0. The van der Waals surface area contributed by atoms with Gasteiger partial charge in [-0.2, -0.15) is 0 Å². The van der Waals surface area contributed by atoms with E-state index in [-0.39, 0.29) is 31.7 Å². The number of carbonyl (C=O) groups is 4. The summed E-state index contributed by atoms with van der Waals surface area (Å²) in [6.45, 7) is 11.4. The van der Waals surface area contributed by atoms with Crippen LogP contribution in [0.4, 0.5) is 9.59 Å². The molecule has 10 nitrogen and oxygen atoms in total. The van der Waals surface area contributed by atoms with Crippen molar-refractivity contribution in [1.29, 1.82) is 0 Å². The van der Waals surface area contributed by atoms with Crippen LogP contribution in [0.1, 0.15) is 58.8 Å². The molecule has 38 heavy (non-hydrogen) atoms. The van der Waals surface area contributed by atoms with Crippen LogP contribution in [0.3, 0.4) is 0 Å². The van der Waals surface area contributed by atoms with Crippen molar-refractivity contribution in [3.63, 3.8) is 0 Å². The maximum atomic E-state index is 12.0. The van der Waals surface area contributed by atoms with E-state index in [0.717, 1.165) is 19.3 Å². The standard InChI is InChI=1S/C28H42N2O8/c1-18(2)24(31)35-15-11-29-26(33)37-13-8-20-5-6-22-23(20)21-7-9-28(22,17-21)10-14-38-27(34)30-12-16-36-25(32)19(3)4/h20-23H,1,3,5-17H2,2,4H3,(H,29,33)(H,30,34). The summed E-state index contributed by atoms with van der Waals surface area (Å²) < 4.78 is 20.7. The van der Waals surface area contributed by atoms with Gasteiger partial charge in [0.2, 0.25) is 0 Å². The summed E-state index contributed by atoms with van der Waals surface area (Å²) in [7, 11) is 0. The second-order valence-corrected chi connectivity index (χ2v) is 10.9. The molecule has 2 amide bonds. The Bertz CT molecular complexity index is 919. The quantitative estimate of drug-likeness (QED) is 0.149. The molecule has 0 aromatic rings. The second-order valence-electron chi connectivity index (χ2n) is 10.9. The van der Waals surface area contributed by atoms with Gasteiger partial charge < -0.3 is 29.6 Å². The maximum Gasteiger partial charge on any atom is 0.407 e. The van der Waals surface area contributed by atoms with E-state index in [1.807, 2.05) is 0 Å². The van der Waals surface area contributed by atoms with Crippen LogP contribution in [0.2, 0.25) is 0 Å². The molecule has 2 bridgehead atoms. The Balaban J connectivity index is 1.32. The van der Waals surface area contributed by atoms with Gasteiger partial charge in [0.05, 0.1) is 26.3 Å². The Kier molecular flexibility index (Phi) is 10.6. The van der Waals surface area contributed by atoms with Gasteiger partial charge in [-0.05, 0) is 87.9 Å². The number of rotatable bonds is 14. The summed E-state index contributed by atoms with van der Waals surface area (Å²) >= 11 is 0. The number of amides is 2. The van der Waals surface area contributed by atoms with E-state index in [1.165, 1.54) is 25.7 Å². The number of hydrogen-bond acceptors (Lipinski definition) is 8. The van der Waals surface area contributed by atoms with E-state index in [9.17, 15) is 19.2 Å². The summed E-state index contributed by atoms with van der Waals surface area (Å²) in [4.78, 5) is 46.7. The van der Waals surface area contributed by atoms with E-state index >= 15 is 0 Å². The van der Waals surface area contributed by atoms with Gasteiger partial charge in [-0.25, -0.2) is 19.2 Å². The SMILES string of the molecule is C=C(C)C(=O)OCCNC(=O)OCCC1CCC2C1C1CCC2(CCOC(=O)NCCOC(=O)C(=C)C)C1. The largest absolute Gasteiger partial charge is 0.460 e. The summed E-state index contributed by atoms with van der Waals surface area (Å²) in [6, 6.07) is 0. The molecule has 0 saturated heterocycles. The van der Waals surface area contributed by atoms with Crippen molar-refractivity contribution in [2.75, 3.05) is 39.5 Å². The van der Waals surface area contributed by atoms with Gasteiger partial charge in [-0.15, -0.1) is 0 Å². The minimum Gasteiger partial charge on any atom is -0.460 e. The molecule has 212 valence electrons. The van der Waals surface area contributed by atoms with Crippen LogP contribution < -0.4 is 10.6 Å². The normalized spacial score (nSPS) is 26.7. The van der Waals surface area contributed by atoms with E-state index in [4.69, 9.17) is 18.9 Å². The zero-order valence-electron chi connectivity index (χ0n) is 22.7. The predicted molar refractivity (Wildman–Crippen MR) is 139 cm³/mol. The highest BCUT2D eigenvalue weighted by atomic mass is 16.6. The Morgan fingerprint density at radius 1 is 0.789 bits per heavy atom. The molecule has 0 radical (unpaired) electrons. The van der Waals surface area contributed by atoms with Crippen molar-refractivity contribution in [3.05, 3.63) is 24.3 Å². The Morgan fingerprint density at radius 3 is 1.95 bits per heavy atom. The molecule has 2 N–H and O–H groups in total. The first-order chi connectivity index (χ1) is 18.1. The number of alkyl carbamates (subject to hydrolysis) is 2. The fourth-order valence-corrected chi connectivity index (χ4v) is 6.74. The molecule has 0 aromatic heterocycles. The van der Waals surface area contributed by atoms with Crippen molar-refractivity contribution < 1.29 is 38.1 Å². The van der Waals surface area contributed by atoms with Crippen LogP contribution in [0.25, 0.3) is 0 Å². The number of esters is 2. The Morgan fingerprint density at radius 2 is 1.37 bits per heavy atom. The second kappa shape index (κ2) is 13.7.